The molecule has 2 nitrogen and oxygen atoms in total. The highest BCUT2D eigenvalue weighted by Gasteiger charge is 2.57. The lowest BCUT2D eigenvalue weighted by Gasteiger charge is -2.51. The SMILES string of the molecule is [CH2-][P+]1(N(N2CCCC2)P(c2ccccc2)c2ccccc2)[C@H](c2ccccc2)CC[C@H]1c1ccccc1. The van der Waals surface area contributed by atoms with E-state index in [4.69, 9.17) is 6.66 Å². The van der Waals surface area contributed by atoms with E-state index in [1.165, 1.54) is 47.4 Å². The maximum Gasteiger partial charge on any atom is 0.0860 e. The highest BCUT2D eigenvalue weighted by molar-refractivity contribution is 7.87. The van der Waals surface area contributed by atoms with Crippen molar-refractivity contribution in [2.45, 2.75) is 37.0 Å². The minimum Gasteiger partial charge on any atom is -0.209 e. The van der Waals surface area contributed by atoms with Crippen LogP contribution in [0, 0.1) is 6.66 Å². The largest absolute Gasteiger partial charge is 0.209 e. The first kappa shape index (κ1) is 25.0. The number of benzene rings is 4. The van der Waals surface area contributed by atoms with E-state index in [1.54, 1.807) is 0 Å². The van der Waals surface area contributed by atoms with Crippen molar-refractivity contribution in [1.29, 1.82) is 0 Å². The maximum atomic E-state index is 5.41. The van der Waals surface area contributed by atoms with Crippen molar-refractivity contribution in [3.8, 4) is 0 Å². The van der Waals surface area contributed by atoms with Crippen LogP contribution in [0.15, 0.2) is 121 Å². The van der Waals surface area contributed by atoms with Crippen LogP contribution in [-0.4, -0.2) is 22.6 Å². The summed E-state index contributed by atoms with van der Waals surface area (Å²) in [7, 11) is -2.77. The highest BCUT2D eigenvalue weighted by Crippen LogP contribution is 2.89. The summed E-state index contributed by atoms with van der Waals surface area (Å²) >= 11 is 0. The fourth-order valence-electron chi connectivity index (χ4n) is 6.33. The lowest BCUT2D eigenvalue weighted by atomic mass is 10.0. The van der Waals surface area contributed by atoms with E-state index in [1.807, 2.05) is 0 Å². The molecule has 0 saturated carbocycles. The quantitative estimate of drug-likeness (QED) is 0.178. The predicted molar refractivity (Wildman–Crippen MR) is 162 cm³/mol. The van der Waals surface area contributed by atoms with Crippen LogP contribution in [0.1, 0.15) is 48.1 Å². The number of rotatable bonds is 7. The lowest BCUT2D eigenvalue weighted by Crippen LogP contribution is -2.42. The second-order valence-corrected chi connectivity index (χ2v) is 16.0. The van der Waals surface area contributed by atoms with Crippen molar-refractivity contribution in [3.05, 3.63) is 139 Å². The molecule has 0 amide bonds. The molecule has 0 aliphatic carbocycles. The highest BCUT2D eigenvalue weighted by atomic mass is 31.2. The van der Waals surface area contributed by atoms with Crippen LogP contribution < -0.4 is 10.6 Å². The van der Waals surface area contributed by atoms with Gasteiger partial charge in [0.25, 0.3) is 0 Å². The van der Waals surface area contributed by atoms with Crippen molar-refractivity contribution in [1.82, 2.24) is 9.56 Å². The second-order valence-electron chi connectivity index (χ2n) is 10.2. The summed E-state index contributed by atoms with van der Waals surface area (Å²) in [6.45, 7) is 7.66. The molecule has 4 heteroatoms. The molecule has 0 N–H and O–H groups in total. The Balaban J connectivity index is 1.58. The molecule has 4 aromatic carbocycles. The van der Waals surface area contributed by atoms with Gasteiger partial charge in [0.05, 0.1) is 19.4 Å². The van der Waals surface area contributed by atoms with Gasteiger partial charge in [0.15, 0.2) is 0 Å². The number of nitrogens with zero attached hydrogens (tertiary/aromatic N) is 2. The molecule has 0 spiro atoms. The van der Waals surface area contributed by atoms with Crippen molar-refractivity contribution < 1.29 is 0 Å². The Bertz CT molecular complexity index is 1170. The van der Waals surface area contributed by atoms with Gasteiger partial charge in [-0.3, -0.25) is 0 Å². The Hall–Kier alpha value is -2.34. The third-order valence-electron chi connectivity index (χ3n) is 8.01. The molecule has 2 fully saturated rings. The molecule has 37 heavy (non-hydrogen) atoms. The van der Waals surface area contributed by atoms with Gasteiger partial charge in [0.1, 0.15) is 0 Å². The number of hydrazine groups is 1. The molecule has 6 rings (SSSR count). The monoisotopic (exact) mass is 522 g/mol. The molecule has 0 aromatic heterocycles. The summed E-state index contributed by atoms with van der Waals surface area (Å²) in [5.74, 6) is 0. The van der Waals surface area contributed by atoms with Crippen molar-refractivity contribution >= 4 is 26.1 Å². The zero-order chi connectivity index (χ0) is 25.1. The number of hydrogen-bond acceptors (Lipinski definition) is 2. The van der Waals surface area contributed by atoms with Crippen LogP contribution in [0.5, 0.6) is 0 Å². The molecule has 2 aliphatic heterocycles. The van der Waals surface area contributed by atoms with E-state index < -0.39 is 15.5 Å². The molecule has 0 bridgehead atoms. The van der Waals surface area contributed by atoms with E-state index in [9.17, 15) is 0 Å². The molecular formula is C33H36N2P2. The Labute approximate surface area is 224 Å². The molecule has 2 atom stereocenters. The van der Waals surface area contributed by atoms with Crippen LogP contribution in [0.3, 0.4) is 0 Å². The van der Waals surface area contributed by atoms with Gasteiger partial charge in [-0.1, -0.05) is 121 Å². The summed E-state index contributed by atoms with van der Waals surface area (Å²) in [5, 5.41) is 5.57. The molecule has 188 valence electrons. The van der Waals surface area contributed by atoms with Gasteiger partial charge in [-0.15, -0.1) is 4.55 Å². The summed E-state index contributed by atoms with van der Waals surface area (Å²) in [6, 6.07) is 45.1. The topological polar surface area (TPSA) is 6.48 Å². The average Bonchev–Trinajstić information content (AvgIpc) is 3.62. The average molecular weight is 523 g/mol. The minimum absolute atomic E-state index is 0.455. The molecule has 2 heterocycles. The van der Waals surface area contributed by atoms with Crippen molar-refractivity contribution in [2.75, 3.05) is 13.1 Å². The third kappa shape index (κ3) is 4.82. The van der Waals surface area contributed by atoms with Crippen molar-refractivity contribution in [3.63, 3.8) is 0 Å². The van der Waals surface area contributed by atoms with Gasteiger partial charge in [0, 0.05) is 13.1 Å². The van der Waals surface area contributed by atoms with Crippen LogP contribution in [0.2, 0.25) is 0 Å². The van der Waals surface area contributed by atoms with E-state index in [0.29, 0.717) is 11.3 Å². The van der Waals surface area contributed by atoms with Gasteiger partial charge in [-0.05, 0) is 54.8 Å². The van der Waals surface area contributed by atoms with Crippen LogP contribution in [0.25, 0.3) is 0 Å². The van der Waals surface area contributed by atoms with Gasteiger partial charge in [-0.2, -0.15) is 6.66 Å². The van der Waals surface area contributed by atoms with E-state index >= 15 is 0 Å². The lowest BCUT2D eigenvalue weighted by molar-refractivity contribution is 0.188. The van der Waals surface area contributed by atoms with Crippen LogP contribution in [-0.2, 0) is 0 Å². The Morgan fingerprint density at radius 2 is 0.973 bits per heavy atom. The van der Waals surface area contributed by atoms with E-state index in [2.05, 4.69) is 131 Å². The molecule has 0 radical (unpaired) electrons. The molecular weight excluding hydrogens is 486 g/mol. The summed E-state index contributed by atoms with van der Waals surface area (Å²) in [6.07, 6.45) is 4.90. The van der Waals surface area contributed by atoms with Gasteiger partial charge >= 0.3 is 0 Å². The second kappa shape index (κ2) is 11.2. The van der Waals surface area contributed by atoms with Crippen LogP contribution in [0.4, 0.5) is 0 Å². The molecule has 2 aliphatic rings. The molecule has 2 saturated heterocycles. The van der Waals surface area contributed by atoms with Gasteiger partial charge in [-0.25, -0.2) is 5.01 Å². The predicted octanol–water partition coefficient (Wildman–Crippen LogP) is 8.35. The van der Waals surface area contributed by atoms with Crippen LogP contribution >= 0.6 is 15.5 Å². The van der Waals surface area contributed by atoms with E-state index in [-0.39, 0.29) is 0 Å². The Kier molecular flexibility index (Phi) is 7.55. The maximum absolute atomic E-state index is 5.41. The zero-order valence-corrected chi connectivity index (χ0v) is 23.2. The first-order valence-electron chi connectivity index (χ1n) is 13.5. The normalized spacial score (nSPS) is 21.6. The third-order valence-corrected chi connectivity index (χ3v) is 15.9. The van der Waals surface area contributed by atoms with Gasteiger partial charge < -0.3 is 0 Å². The first-order valence-corrected chi connectivity index (χ1v) is 16.9. The zero-order valence-electron chi connectivity index (χ0n) is 21.4. The summed E-state index contributed by atoms with van der Waals surface area (Å²) < 4.78 is 2.92. The van der Waals surface area contributed by atoms with Crippen molar-refractivity contribution in [2.24, 2.45) is 0 Å². The molecule has 4 aromatic rings. The smallest absolute Gasteiger partial charge is 0.0860 e. The number of hydrogen-bond donors (Lipinski definition) is 0. The standard InChI is InChI=1S/C33H36N2P2/c1-37(32(28-16-6-2-7-17-28)24-25-33(37)29-18-8-3-9-19-29)35(34-26-14-15-27-34)36(30-20-10-4-11-21-30)31-22-12-5-13-23-31/h2-13,16-23,32-33H,1,14-15,24-27H2/t32-,33-/m0/s1. The van der Waals surface area contributed by atoms with E-state index in [0.717, 1.165) is 13.1 Å². The Morgan fingerprint density at radius 1 is 0.595 bits per heavy atom. The molecule has 0 unspecified atom stereocenters. The fourth-order valence-corrected chi connectivity index (χ4v) is 15.2. The first-order chi connectivity index (χ1) is 18.3. The minimum atomic E-state index is -1.99. The summed E-state index contributed by atoms with van der Waals surface area (Å²) in [5.41, 5.74) is 3.84. The fraction of sp³-hybridized carbons (Fsp3) is 0.242. The van der Waals surface area contributed by atoms with Gasteiger partial charge in [0.2, 0.25) is 0 Å². The summed E-state index contributed by atoms with van der Waals surface area (Å²) in [4.78, 5) is 0. The Morgan fingerprint density at radius 3 is 1.38 bits per heavy atom.